The van der Waals surface area contributed by atoms with Crippen molar-refractivity contribution in [2.75, 3.05) is 0 Å². The molecule has 19 heavy (non-hydrogen) atoms. The van der Waals surface area contributed by atoms with E-state index in [0.29, 0.717) is 5.57 Å². The number of rotatable bonds is 0. The fourth-order valence-electron chi connectivity index (χ4n) is 4.21. The largest absolute Gasteiger partial charge is 0.458 e. The van der Waals surface area contributed by atoms with Gasteiger partial charge in [0, 0.05) is 22.8 Å². The minimum Gasteiger partial charge on any atom is -0.458 e. The topological polar surface area (TPSA) is 66.8 Å². The highest BCUT2D eigenvalue weighted by atomic mass is 16.6. The Labute approximate surface area is 112 Å². The Morgan fingerprint density at radius 2 is 2.16 bits per heavy atom. The molecular weight excluding hydrogens is 244 g/mol. The molecule has 0 aromatic carbocycles. The summed E-state index contributed by atoms with van der Waals surface area (Å²) in [6.07, 6.45) is 3.79. The molecule has 2 fully saturated rings. The normalized spacial score (nSPS) is 52.6. The Kier molecular flexibility index (Phi) is 2.51. The summed E-state index contributed by atoms with van der Waals surface area (Å²) in [7, 11) is 0. The van der Waals surface area contributed by atoms with Crippen molar-refractivity contribution in [3.8, 4) is 0 Å². The highest BCUT2D eigenvalue weighted by molar-refractivity contribution is 5.91. The quantitative estimate of drug-likeness (QED) is 0.392. The minimum atomic E-state index is -1.08. The summed E-state index contributed by atoms with van der Waals surface area (Å²) < 4.78 is 5.45. The maximum Gasteiger partial charge on any atom is 0.334 e. The van der Waals surface area contributed by atoms with Gasteiger partial charge in [0.15, 0.2) is 0 Å². The summed E-state index contributed by atoms with van der Waals surface area (Å²) >= 11 is 0. The van der Waals surface area contributed by atoms with Crippen molar-refractivity contribution >= 4 is 5.97 Å². The predicted octanol–water partition coefficient (Wildman–Crippen LogP) is 1.18. The molecule has 1 aliphatic heterocycles. The van der Waals surface area contributed by atoms with Crippen molar-refractivity contribution < 1.29 is 19.7 Å². The molecule has 0 aromatic rings. The molecule has 0 unspecified atom stereocenters. The van der Waals surface area contributed by atoms with Crippen LogP contribution in [0, 0.1) is 17.3 Å². The number of aliphatic hydroxyl groups is 2. The maximum atomic E-state index is 11.7. The molecule has 4 nitrogen and oxygen atoms in total. The molecular formula is C15H20O4. The number of ether oxygens (including phenoxy) is 1. The fourth-order valence-corrected chi connectivity index (χ4v) is 4.21. The molecule has 1 saturated heterocycles. The van der Waals surface area contributed by atoms with Crippen molar-refractivity contribution in [1.82, 2.24) is 0 Å². The van der Waals surface area contributed by atoms with Gasteiger partial charge in [0.2, 0.25) is 0 Å². The Bertz CT molecular complexity index is 479. The van der Waals surface area contributed by atoms with Crippen molar-refractivity contribution in [3.05, 3.63) is 24.3 Å². The lowest BCUT2D eigenvalue weighted by Crippen LogP contribution is -2.60. The first kappa shape index (κ1) is 12.9. The second-order valence-corrected chi connectivity index (χ2v) is 6.55. The zero-order valence-corrected chi connectivity index (χ0v) is 11.3. The first-order chi connectivity index (χ1) is 8.77. The molecule has 0 amide bonds. The standard InChI is InChI=1S/C15H20O4/c1-8-9-4-6-14(2)10(16)5-7-15(3,18)12(14)11(9)19-13(8)17/h5,7,9-12,16,18H,1,4,6H2,2-3H3/t9-,10-,11-,12+,14-,15+/m0/s1. The van der Waals surface area contributed by atoms with Gasteiger partial charge in [0.1, 0.15) is 6.10 Å². The molecule has 0 bridgehead atoms. The Balaban J connectivity index is 2.07. The maximum absolute atomic E-state index is 11.7. The number of hydrogen-bond acceptors (Lipinski definition) is 4. The Hall–Kier alpha value is -1.13. The van der Waals surface area contributed by atoms with Gasteiger partial charge in [-0.25, -0.2) is 4.79 Å². The van der Waals surface area contributed by atoms with E-state index in [2.05, 4.69) is 6.58 Å². The van der Waals surface area contributed by atoms with Gasteiger partial charge < -0.3 is 14.9 Å². The number of aliphatic hydroxyl groups excluding tert-OH is 1. The van der Waals surface area contributed by atoms with E-state index in [0.717, 1.165) is 12.8 Å². The zero-order valence-electron chi connectivity index (χ0n) is 11.3. The van der Waals surface area contributed by atoms with Crippen LogP contribution < -0.4 is 0 Å². The summed E-state index contributed by atoms with van der Waals surface area (Å²) in [5.41, 5.74) is -1.04. The van der Waals surface area contributed by atoms with E-state index in [4.69, 9.17) is 4.74 Å². The van der Waals surface area contributed by atoms with E-state index < -0.39 is 17.1 Å². The van der Waals surface area contributed by atoms with Crippen LogP contribution in [0.4, 0.5) is 0 Å². The third-order valence-electron chi connectivity index (χ3n) is 5.30. The fraction of sp³-hybridized carbons (Fsp3) is 0.667. The first-order valence-corrected chi connectivity index (χ1v) is 6.77. The summed E-state index contributed by atoms with van der Waals surface area (Å²) in [6.45, 7) is 7.49. The van der Waals surface area contributed by atoms with Crippen molar-refractivity contribution in [2.45, 2.75) is 44.5 Å². The lowest BCUT2D eigenvalue weighted by Gasteiger charge is -2.54. The van der Waals surface area contributed by atoms with Gasteiger partial charge in [-0.15, -0.1) is 0 Å². The van der Waals surface area contributed by atoms with E-state index in [-0.39, 0.29) is 23.9 Å². The number of carbonyl (C=O) groups is 1. The van der Waals surface area contributed by atoms with Crippen molar-refractivity contribution in [3.63, 3.8) is 0 Å². The molecule has 6 atom stereocenters. The zero-order chi connectivity index (χ0) is 14.0. The minimum absolute atomic E-state index is 0.0317. The van der Waals surface area contributed by atoms with Crippen LogP contribution in [0.3, 0.4) is 0 Å². The molecule has 0 spiro atoms. The third-order valence-corrected chi connectivity index (χ3v) is 5.30. The van der Waals surface area contributed by atoms with Gasteiger partial charge in [-0.1, -0.05) is 25.7 Å². The second kappa shape index (κ2) is 3.70. The monoisotopic (exact) mass is 264 g/mol. The molecule has 2 N–H and O–H groups in total. The van der Waals surface area contributed by atoms with Gasteiger partial charge in [-0.05, 0) is 19.8 Å². The van der Waals surface area contributed by atoms with E-state index >= 15 is 0 Å². The van der Waals surface area contributed by atoms with Crippen LogP contribution in [-0.2, 0) is 9.53 Å². The number of fused-ring (bicyclic) bond motifs is 3. The SMILES string of the molecule is C=C1C(=O)O[C@@H]2[C@@H]3[C@@](C)(CC[C@@H]12)[C@@H](O)C=C[C@@]3(C)O. The Morgan fingerprint density at radius 3 is 2.84 bits per heavy atom. The van der Waals surface area contributed by atoms with Crippen LogP contribution in [0.15, 0.2) is 24.3 Å². The molecule has 4 heteroatoms. The van der Waals surface area contributed by atoms with Crippen LogP contribution >= 0.6 is 0 Å². The van der Waals surface area contributed by atoms with E-state index in [1.807, 2.05) is 6.92 Å². The van der Waals surface area contributed by atoms with Crippen LogP contribution in [0.25, 0.3) is 0 Å². The molecule has 0 aromatic heterocycles. The molecule has 1 heterocycles. The van der Waals surface area contributed by atoms with Gasteiger partial charge in [-0.3, -0.25) is 0 Å². The molecule has 1 saturated carbocycles. The van der Waals surface area contributed by atoms with E-state index in [9.17, 15) is 15.0 Å². The highest BCUT2D eigenvalue weighted by Gasteiger charge is 2.61. The molecule has 104 valence electrons. The summed E-state index contributed by atoms with van der Waals surface area (Å²) in [5.74, 6) is -0.697. The van der Waals surface area contributed by atoms with Crippen LogP contribution in [0.2, 0.25) is 0 Å². The van der Waals surface area contributed by atoms with Gasteiger partial charge >= 0.3 is 5.97 Å². The van der Waals surface area contributed by atoms with Gasteiger partial charge in [0.25, 0.3) is 0 Å². The predicted molar refractivity (Wildman–Crippen MR) is 69.1 cm³/mol. The third kappa shape index (κ3) is 1.56. The smallest absolute Gasteiger partial charge is 0.334 e. The second-order valence-electron chi connectivity index (χ2n) is 6.55. The summed E-state index contributed by atoms with van der Waals surface area (Å²) in [4.78, 5) is 11.7. The molecule has 2 aliphatic carbocycles. The number of carbonyl (C=O) groups excluding carboxylic acids is 1. The highest BCUT2D eigenvalue weighted by Crippen LogP contribution is 2.57. The number of hydrogen-bond donors (Lipinski definition) is 2. The van der Waals surface area contributed by atoms with Gasteiger partial charge in [-0.2, -0.15) is 0 Å². The van der Waals surface area contributed by atoms with E-state index in [1.165, 1.54) is 0 Å². The molecule has 3 rings (SSSR count). The summed E-state index contributed by atoms with van der Waals surface area (Å²) in [6, 6.07) is 0. The average Bonchev–Trinajstić information content (AvgIpc) is 2.60. The Morgan fingerprint density at radius 1 is 1.47 bits per heavy atom. The van der Waals surface area contributed by atoms with Gasteiger partial charge in [0.05, 0.1) is 11.7 Å². The van der Waals surface area contributed by atoms with Crippen LogP contribution in [0.1, 0.15) is 26.7 Å². The van der Waals surface area contributed by atoms with Crippen molar-refractivity contribution in [2.24, 2.45) is 17.3 Å². The van der Waals surface area contributed by atoms with Crippen molar-refractivity contribution in [1.29, 1.82) is 0 Å². The number of esters is 1. The average molecular weight is 264 g/mol. The van der Waals surface area contributed by atoms with E-state index in [1.54, 1.807) is 19.1 Å². The first-order valence-electron chi connectivity index (χ1n) is 6.77. The summed E-state index contributed by atoms with van der Waals surface area (Å²) in [5, 5.41) is 20.9. The van der Waals surface area contributed by atoms with Crippen LogP contribution in [-0.4, -0.2) is 34.0 Å². The lowest BCUT2D eigenvalue weighted by atomic mass is 9.53. The van der Waals surface area contributed by atoms with Crippen LogP contribution in [0.5, 0.6) is 0 Å². The molecule has 0 radical (unpaired) electrons. The molecule has 3 aliphatic rings. The lowest BCUT2D eigenvalue weighted by molar-refractivity contribution is -0.175.